The number of hydrogen-bond acceptors (Lipinski definition) is 10. The Labute approximate surface area is 188 Å². The number of fused-ring (bicyclic) bond motifs is 1. The van der Waals surface area contributed by atoms with Crippen LogP contribution in [0.25, 0.3) is 11.2 Å². The van der Waals surface area contributed by atoms with E-state index < -0.39 is 31.7 Å². The van der Waals surface area contributed by atoms with E-state index in [9.17, 15) is 19.3 Å². The molecule has 0 aliphatic carbocycles. The fourth-order valence-electron chi connectivity index (χ4n) is 3.08. The summed E-state index contributed by atoms with van der Waals surface area (Å²) in [4.78, 5) is 35.1. The molecule has 0 spiro atoms. The number of aliphatic hydroxyl groups excluding tert-OH is 1. The van der Waals surface area contributed by atoms with Gasteiger partial charge in [0.15, 0.2) is 17.4 Å². The number of H-pyrrole nitrogens is 1. The van der Waals surface area contributed by atoms with Gasteiger partial charge in [0.25, 0.3) is 5.56 Å². The van der Waals surface area contributed by atoms with Crippen molar-refractivity contribution in [2.45, 2.75) is 45.1 Å². The summed E-state index contributed by atoms with van der Waals surface area (Å²) in [7, 11) is -2.24. The molecule has 3 heterocycles. The van der Waals surface area contributed by atoms with Crippen molar-refractivity contribution in [3.8, 4) is 6.07 Å². The third-order valence-corrected chi connectivity index (χ3v) is 6.38. The number of aromatic amines is 1. The number of nitrogens with zero attached hydrogens (tertiary/aromatic N) is 4. The Hall–Kier alpha value is -2.66. The molecule has 0 saturated carbocycles. The molecular weight excluding hydrogens is 457 g/mol. The number of imidazole rings is 1. The molecule has 33 heavy (non-hydrogen) atoms. The number of nitriles is 1. The smallest absolute Gasteiger partial charge is 0.388 e. The Morgan fingerprint density at radius 1 is 1.52 bits per heavy atom. The van der Waals surface area contributed by atoms with E-state index in [-0.39, 0.29) is 55.0 Å². The van der Waals surface area contributed by atoms with Gasteiger partial charge in [0, 0.05) is 12.3 Å². The van der Waals surface area contributed by atoms with Crippen molar-refractivity contribution in [2.75, 3.05) is 25.6 Å². The molecule has 0 radical (unpaired) electrons. The van der Waals surface area contributed by atoms with Crippen LogP contribution >= 0.6 is 7.75 Å². The highest BCUT2D eigenvalue weighted by molar-refractivity contribution is 7.51. The molecule has 0 aromatic carbocycles. The highest BCUT2D eigenvalue weighted by Crippen LogP contribution is 2.44. The second-order valence-corrected chi connectivity index (χ2v) is 9.55. The molecule has 2 aromatic heterocycles. The summed E-state index contributed by atoms with van der Waals surface area (Å²) in [6, 6.07) is 1.88. The highest BCUT2D eigenvalue weighted by Gasteiger charge is 2.38. The third-order valence-electron chi connectivity index (χ3n) is 4.82. The second kappa shape index (κ2) is 10.5. The average Bonchev–Trinajstić information content (AvgIpc) is 3.35. The van der Waals surface area contributed by atoms with Crippen molar-refractivity contribution in [3.05, 3.63) is 16.7 Å². The summed E-state index contributed by atoms with van der Waals surface area (Å²) < 4.78 is 30.2. The van der Waals surface area contributed by atoms with Crippen molar-refractivity contribution in [1.29, 1.82) is 5.26 Å². The van der Waals surface area contributed by atoms with Gasteiger partial charge in [0.2, 0.25) is 11.9 Å². The van der Waals surface area contributed by atoms with E-state index >= 15 is 0 Å². The molecule has 0 bridgehead atoms. The normalized spacial score (nSPS) is 22.4. The van der Waals surface area contributed by atoms with Crippen LogP contribution in [0.3, 0.4) is 0 Å². The van der Waals surface area contributed by atoms with Crippen LogP contribution in [-0.2, 0) is 23.1 Å². The molecule has 1 fully saturated rings. The Morgan fingerprint density at radius 2 is 2.27 bits per heavy atom. The molecule has 1 aliphatic rings. The summed E-state index contributed by atoms with van der Waals surface area (Å²) in [5, 5.41) is 24.1. The van der Waals surface area contributed by atoms with Gasteiger partial charge in [-0.2, -0.15) is 10.2 Å². The van der Waals surface area contributed by atoms with Gasteiger partial charge in [-0.15, -0.1) is 0 Å². The number of carbonyl (C=O) groups is 1. The molecule has 14 nitrogen and oxygen atoms in total. The van der Waals surface area contributed by atoms with Crippen LogP contribution in [0.15, 0.2) is 11.1 Å². The maximum absolute atomic E-state index is 12.5. The van der Waals surface area contributed by atoms with Gasteiger partial charge >= 0.3 is 7.75 Å². The van der Waals surface area contributed by atoms with E-state index in [4.69, 9.17) is 19.0 Å². The first kappa shape index (κ1) is 25.0. The Morgan fingerprint density at radius 3 is 2.94 bits per heavy atom. The quantitative estimate of drug-likeness (QED) is 0.273. The molecule has 1 aliphatic heterocycles. The van der Waals surface area contributed by atoms with Crippen LogP contribution in [0.1, 0.15) is 32.9 Å². The Bertz CT molecular complexity index is 1140. The molecule has 4 atom stereocenters. The average molecular weight is 483 g/mol. The zero-order valence-electron chi connectivity index (χ0n) is 18.3. The molecule has 1 amide bonds. The molecule has 1 unspecified atom stereocenters. The predicted molar refractivity (Wildman–Crippen MR) is 115 cm³/mol. The first-order chi connectivity index (χ1) is 15.7. The van der Waals surface area contributed by atoms with Gasteiger partial charge in [-0.25, -0.2) is 14.6 Å². The summed E-state index contributed by atoms with van der Waals surface area (Å²) in [5.41, 5.74) is -0.433. The third kappa shape index (κ3) is 5.83. The SMILES string of the molecule is CNP(=O)(OCCC#N)OC[C@@H]1C[C@@H](O)[C@H](n2cnc3c(=O)[nH]c(NC(=O)C(C)C)nc32)O1. The van der Waals surface area contributed by atoms with Crippen LogP contribution in [0.5, 0.6) is 0 Å². The van der Waals surface area contributed by atoms with Gasteiger partial charge < -0.3 is 9.84 Å². The molecule has 180 valence electrons. The fraction of sp³-hybridized carbons (Fsp3) is 0.611. The second-order valence-electron chi connectivity index (χ2n) is 7.59. The molecule has 4 N–H and O–H groups in total. The molecule has 15 heteroatoms. The largest absolute Gasteiger partial charge is 0.405 e. The molecule has 2 aromatic rings. The van der Waals surface area contributed by atoms with E-state index in [1.807, 2.05) is 6.07 Å². The van der Waals surface area contributed by atoms with Crippen LogP contribution < -0.4 is 16.0 Å². The minimum Gasteiger partial charge on any atom is -0.388 e. The lowest BCUT2D eigenvalue weighted by atomic mass is 10.2. The topological polar surface area (TPSA) is 193 Å². The van der Waals surface area contributed by atoms with Crippen LogP contribution in [0.4, 0.5) is 5.95 Å². The number of hydrogen-bond donors (Lipinski definition) is 4. The van der Waals surface area contributed by atoms with Crippen molar-refractivity contribution >= 4 is 30.8 Å². The summed E-state index contributed by atoms with van der Waals surface area (Å²) in [6.07, 6.45) is -1.09. The fourth-order valence-corrected chi connectivity index (χ4v) is 4.11. The van der Waals surface area contributed by atoms with E-state index in [2.05, 4.69) is 25.4 Å². The van der Waals surface area contributed by atoms with Gasteiger partial charge in [-0.3, -0.25) is 33.5 Å². The number of aromatic nitrogens is 4. The summed E-state index contributed by atoms with van der Waals surface area (Å²) in [5.74, 6) is -0.706. The molecule has 3 rings (SSSR count). The first-order valence-electron chi connectivity index (χ1n) is 10.2. The van der Waals surface area contributed by atoms with E-state index in [1.54, 1.807) is 13.8 Å². The molecule has 1 saturated heterocycles. The number of rotatable bonds is 10. The summed E-state index contributed by atoms with van der Waals surface area (Å²) in [6.45, 7) is 3.17. The number of carbonyl (C=O) groups excluding carboxylic acids is 1. The lowest BCUT2D eigenvalue weighted by Crippen LogP contribution is -2.23. The van der Waals surface area contributed by atoms with Crippen molar-refractivity contribution in [1.82, 2.24) is 24.6 Å². The van der Waals surface area contributed by atoms with Gasteiger partial charge in [-0.05, 0) is 7.05 Å². The Kier molecular flexibility index (Phi) is 7.96. The monoisotopic (exact) mass is 483 g/mol. The minimum absolute atomic E-state index is 0.0126. The molecular formula is C18H26N7O7P. The van der Waals surface area contributed by atoms with E-state index in [0.717, 1.165) is 0 Å². The first-order valence-corrected chi connectivity index (χ1v) is 11.8. The maximum atomic E-state index is 12.5. The van der Waals surface area contributed by atoms with Crippen molar-refractivity contribution < 1.29 is 28.3 Å². The number of amides is 1. The lowest BCUT2D eigenvalue weighted by Gasteiger charge is -2.20. The number of nitrogens with one attached hydrogen (secondary N) is 3. The van der Waals surface area contributed by atoms with Crippen molar-refractivity contribution in [3.63, 3.8) is 0 Å². The minimum atomic E-state index is -3.64. The van der Waals surface area contributed by atoms with E-state index in [0.29, 0.717) is 0 Å². The van der Waals surface area contributed by atoms with Crippen molar-refractivity contribution in [2.24, 2.45) is 5.92 Å². The van der Waals surface area contributed by atoms with Crippen LogP contribution in [0, 0.1) is 17.2 Å². The predicted octanol–water partition coefficient (Wildman–Crippen LogP) is 0.637. The van der Waals surface area contributed by atoms with Gasteiger partial charge in [-0.1, -0.05) is 13.8 Å². The number of ether oxygens (including phenoxy) is 1. The standard InChI is InChI=1S/C18H26N7O7P/c1-10(2)15(27)23-18-22-14-13(16(28)24-18)21-9-25(14)17-12(26)7-11(32-17)8-31-33(29,20-3)30-6-4-5-19/h9-12,17,26H,4,6-8H2,1-3H3,(H,20,29)(H2,22,23,24,27,28)/t11-,12+,17+,33?/m0/s1. The maximum Gasteiger partial charge on any atom is 0.405 e. The van der Waals surface area contributed by atoms with Gasteiger partial charge in [0.1, 0.15) is 6.10 Å². The number of aliphatic hydroxyl groups is 1. The number of anilines is 1. The van der Waals surface area contributed by atoms with E-state index in [1.165, 1.54) is 17.9 Å². The summed E-state index contributed by atoms with van der Waals surface area (Å²) >= 11 is 0. The highest BCUT2D eigenvalue weighted by atomic mass is 31.2. The van der Waals surface area contributed by atoms with Crippen LogP contribution in [-0.4, -0.2) is 63.0 Å². The Balaban J connectivity index is 1.74. The lowest BCUT2D eigenvalue weighted by molar-refractivity contribution is -0.118. The zero-order valence-corrected chi connectivity index (χ0v) is 19.2. The van der Waals surface area contributed by atoms with Crippen LogP contribution in [0.2, 0.25) is 0 Å². The van der Waals surface area contributed by atoms with Gasteiger partial charge in [0.05, 0.1) is 38.1 Å². The zero-order chi connectivity index (χ0) is 24.2.